The van der Waals surface area contributed by atoms with Crippen LogP contribution in [0.1, 0.15) is 18.9 Å². The summed E-state index contributed by atoms with van der Waals surface area (Å²) >= 11 is 2.05. The van der Waals surface area contributed by atoms with Crippen LogP contribution in [0, 0.1) is 5.41 Å². The average Bonchev–Trinajstić information content (AvgIpc) is 2.95. The number of hydrogen-bond donors (Lipinski definition) is 1. The minimum absolute atomic E-state index is 0.367. The highest BCUT2D eigenvalue weighted by atomic mass is 32.2. The van der Waals surface area contributed by atoms with Gasteiger partial charge in [0.25, 0.3) is 0 Å². The van der Waals surface area contributed by atoms with Crippen molar-refractivity contribution in [2.75, 3.05) is 30.0 Å². The molecule has 1 aromatic rings. The molecule has 92 valence electrons. The fraction of sp³-hybridized carbons (Fsp3) is 0.571. The summed E-state index contributed by atoms with van der Waals surface area (Å²) in [7, 11) is 0. The first-order chi connectivity index (χ1) is 8.27. The van der Waals surface area contributed by atoms with Gasteiger partial charge in [0.1, 0.15) is 5.75 Å². The van der Waals surface area contributed by atoms with Crippen molar-refractivity contribution < 1.29 is 4.74 Å². The van der Waals surface area contributed by atoms with E-state index in [1.54, 1.807) is 0 Å². The summed E-state index contributed by atoms with van der Waals surface area (Å²) in [6, 6.07) is 6.38. The molecule has 3 rings (SSSR count). The predicted octanol–water partition coefficient (Wildman–Crippen LogP) is 3.18. The van der Waals surface area contributed by atoms with Crippen LogP contribution < -0.4 is 10.1 Å². The summed E-state index contributed by atoms with van der Waals surface area (Å²) in [6.45, 7) is 4.23. The maximum atomic E-state index is 6.06. The molecule has 0 radical (unpaired) electrons. The van der Waals surface area contributed by atoms with Gasteiger partial charge in [0.05, 0.1) is 12.3 Å². The molecule has 0 bridgehead atoms. The van der Waals surface area contributed by atoms with Gasteiger partial charge in [0.15, 0.2) is 0 Å². The molecule has 0 aromatic heterocycles. The molecule has 2 aliphatic rings. The number of rotatable bonds is 3. The smallest absolute Gasteiger partial charge is 0.142 e. The molecule has 3 heteroatoms. The van der Waals surface area contributed by atoms with Gasteiger partial charge in [-0.25, -0.2) is 0 Å². The van der Waals surface area contributed by atoms with Crippen LogP contribution in [0.4, 0.5) is 5.69 Å². The Labute approximate surface area is 107 Å². The minimum Gasteiger partial charge on any atom is -0.491 e. The van der Waals surface area contributed by atoms with E-state index in [1.807, 2.05) is 11.8 Å². The van der Waals surface area contributed by atoms with Gasteiger partial charge in [-0.05, 0) is 30.2 Å². The Morgan fingerprint density at radius 3 is 3.24 bits per heavy atom. The van der Waals surface area contributed by atoms with Gasteiger partial charge in [-0.3, -0.25) is 0 Å². The Hall–Kier alpha value is -0.830. The molecule has 0 aliphatic carbocycles. The molecular weight excluding hydrogens is 230 g/mol. The van der Waals surface area contributed by atoms with Crippen molar-refractivity contribution in [1.29, 1.82) is 0 Å². The van der Waals surface area contributed by atoms with Crippen LogP contribution in [-0.4, -0.2) is 24.7 Å². The Balaban J connectivity index is 1.71. The summed E-state index contributed by atoms with van der Waals surface area (Å²) < 4.78 is 6.06. The minimum atomic E-state index is 0.367. The van der Waals surface area contributed by atoms with Crippen LogP contribution in [0.5, 0.6) is 5.75 Å². The number of nitrogens with one attached hydrogen (secondary N) is 1. The Morgan fingerprint density at radius 2 is 2.41 bits per heavy atom. The molecule has 0 saturated carbocycles. The highest BCUT2D eigenvalue weighted by Gasteiger charge is 2.30. The first-order valence-electron chi connectivity index (χ1n) is 6.33. The standard InChI is InChI=1S/C14H19NOS/c1-14(6-8-17-10-14)9-16-12-4-2-3-11-5-7-15-13(11)12/h2-4,15H,5-10H2,1H3. The van der Waals surface area contributed by atoms with Crippen molar-refractivity contribution in [2.45, 2.75) is 19.8 Å². The zero-order chi connectivity index (χ0) is 11.7. The van der Waals surface area contributed by atoms with Crippen molar-refractivity contribution in [2.24, 2.45) is 5.41 Å². The van der Waals surface area contributed by atoms with Crippen LogP contribution in [0.3, 0.4) is 0 Å². The fourth-order valence-corrected chi connectivity index (χ4v) is 4.01. The van der Waals surface area contributed by atoms with Crippen molar-refractivity contribution in [3.63, 3.8) is 0 Å². The second kappa shape index (κ2) is 4.45. The quantitative estimate of drug-likeness (QED) is 0.889. The van der Waals surface area contributed by atoms with Gasteiger partial charge >= 0.3 is 0 Å². The largest absolute Gasteiger partial charge is 0.491 e. The number of fused-ring (bicyclic) bond motifs is 1. The second-order valence-corrected chi connectivity index (χ2v) is 6.47. The van der Waals surface area contributed by atoms with Gasteiger partial charge in [0.2, 0.25) is 0 Å². The van der Waals surface area contributed by atoms with Crippen LogP contribution in [-0.2, 0) is 6.42 Å². The van der Waals surface area contributed by atoms with Crippen molar-refractivity contribution in [3.8, 4) is 5.75 Å². The van der Waals surface area contributed by atoms with E-state index in [-0.39, 0.29) is 0 Å². The molecule has 1 aromatic carbocycles. The molecule has 17 heavy (non-hydrogen) atoms. The van der Waals surface area contributed by atoms with Crippen molar-refractivity contribution >= 4 is 17.4 Å². The zero-order valence-corrected chi connectivity index (χ0v) is 11.1. The third kappa shape index (κ3) is 2.25. The molecule has 0 amide bonds. The van der Waals surface area contributed by atoms with E-state index in [1.165, 1.54) is 29.2 Å². The number of thioether (sulfide) groups is 1. The maximum Gasteiger partial charge on any atom is 0.142 e. The van der Waals surface area contributed by atoms with E-state index in [2.05, 4.69) is 30.4 Å². The molecule has 1 fully saturated rings. The van der Waals surface area contributed by atoms with E-state index >= 15 is 0 Å². The lowest BCUT2D eigenvalue weighted by molar-refractivity contribution is 0.187. The molecule has 2 nitrogen and oxygen atoms in total. The predicted molar refractivity (Wildman–Crippen MR) is 74.2 cm³/mol. The van der Waals surface area contributed by atoms with Crippen molar-refractivity contribution in [1.82, 2.24) is 0 Å². The number of anilines is 1. The topological polar surface area (TPSA) is 21.3 Å². The molecule has 2 aliphatic heterocycles. The average molecular weight is 249 g/mol. The summed E-state index contributed by atoms with van der Waals surface area (Å²) in [5.74, 6) is 3.55. The SMILES string of the molecule is CC1(COc2cccc3c2NCC3)CCSC1. The molecule has 1 unspecified atom stereocenters. The first-order valence-corrected chi connectivity index (χ1v) is 7.49. The van der Waals surface area contributed by atoms with E-state index in [0.717, 1.165) is 25.3 Å². The number of para-hydroxylation sites is 1. The van der Waals surface area contributed by atoms with Crippen molar-refractivity contribution in [3.05, 3.63) is 23.8 Å². The lowest BCUT2D eigenvalue weighted by Crippen LogP contribution is -2.24. The van der Waals surface area contributed by atoms with E-state index in [0.29, 0.717) is 5.41 Å². The van der Waals surface area contributed by atoms with E-state index in [9.17, 15) is 0 Å². The first kappa shape index (κ1) is 11.3. The van der Waals surface area contributed by atoms with Gasteiger partial charge in [-0.2, -0.15) is 11.8 Å². The summed E-state index contributed by atoms with van der Waals surface area (Å²) in [6.07, 6.45) is 2.40. The lowest BCUT2D eigenvalue weighted by atomic mass is 9.92. The number of benzene rings is 1. The van der Waals surface area contributed by atoms with Crippen LogP contribution in [0.25, 0.3) is 0 Å². The third-order valence-corrected chi connectivity index (χ3v) is 5.08. The summed E-state index contributed by atoms with van der Waals surface area (Å²) in [5, 5.41) is 3.43. The van der Waals surface area contributed by atoms with Crippen LogP contribution in [0.15, 0.2) is 18.2 Å². The Morgan fingerprint density at radius 1 is 1.47 bits per heavy atom. The van der Waals surface area contributed by atoms with E-state index in [4.69, 9.17) is 4.74 Å². The highest BCUT2D eigenvalue weighted by Crippen LogP contribution is 2.38. The number of ether oxygens (including phenoxy) is 1. The summed E-state index contributed by atoms with van der Waals surface area (Å²) in [4.78, 5) is 0. The number of hydrogen-bond acceptors (Lipinski definition) is 3. The molecular formula is C14H19NOS. The van der Waals surface area contributed by atoms with Gasteiger partial charge < -0.3 is 10.1 Å². The fourth-order valence-electron chi connectivity index (χ4n) is 2.50. The lowest BCUT2D eigenvalue weighted by Gasteiger charge is -2.23. The molecule has 1 saturated heterocycles. The van der Waals surface area contributed by atoms with Gasteiger partial charge in [-0.1, -0.05) is 19.1 Å². The van der Waals surface area contributed by atoms with Crippen LogP contribution >= 0.6 is 11.8 Å². The highest BCUT2D eigenvalue weighted by molar-refractivity contribution is 7.99. The third-order valence-electron chi connectivity index (χ3n) is 3.69. The molecule has 1 atom stereocenters. The second-order valence-electron chi connectivity index (χ2n) is 5.37. The normalized spacial score (nSPS) is 26.6. The monoisotopic (exact) mass is 249 g/mol. The molecule has 0 spiro atoms. The maximum absolute atomic E-state index is 6.06. The van der Waals surface area contributed by atoms with Gasteiger partial charge in [-0.15, -0.1) is 0 Å². The molecule has 1 N–H and O–H groups in total. The molecule has 2 heterocycles. The van der Waals surface area contributed by atoms with E-state index < -0.39 is 0 Å². The zero-order valence-electron chi connectivity index (χ0n) is 10.3. The Kier molecular flexibility index (Phi) is 2.95. The summed E-state index contributed by atoms with van der Waals surface area (Å²) in [5.41, 5.74) is 2.99. The van der Waals surface area contributed by atoms with Crippen LogP contribution in [0.2, 0.25) is 0 Å². The Bertz CT molecular complexity index is 413. The van der Waals surface area contributed by atoms with Gasteiger partial charge in [0, 0.05) is 17.7 Å².